The van der Waals surface area contributed by atoms with Gasteiger partial charge in [0.1, 0.15) is 25.5 Å². The minimum atomic E-state index is -3.01. The first kappa shape index (κ1) is 42.8. The Morgan fingerprint density at radius 1 is 0.918 bits per heavy atom. The van der Waals surface area contributed by atoms with Gasteiger partial charge in [-0.25, -0.2) is 9.59 Å². The van der Waals surface area contributed by atoms with E-state index in [4.69, 9.17) is 9.57 Å². The number of oxime groups is 1. The Bertz CT molecular complexity index is 1250. The van der Waals surface area contributed by atoms with Crippen molar-refractivity contribution in [1.29, 1.82) is 0 Å². The number of rotatable bonds is 27. The van der Waals surface area contributed by atoms with Gasteiger partial charge in [0.05, 0.1) is 18.1 Å². The topological polar surface area (TPSA) is 192 Å². The zero-order valence-corrected chi connectivity index (χ0v) is 29.5. The summed E-state index contributed by atoms with van der Waals surface area (Å²) in [5, 5.41) is 46.4. The van der Waals surface area contributed by atoms with Crippen molar-refractivity contribution in [3.05, 3.63) is 53.6 Å². The molecule has 0 saturated heterocycles. The maximum atomic E-state index is 13.4. The Kier molecular flexibility index (Phi) is 21.0. The van der Waals surface area contributed by atoms with E-state index in [0.717, 1.165) is 55.9 Å². The number of hydrogen-bond acceptors (Lipinski definition) is 8. The van der Waals surface area contributed by atoms with E-state index in [1.54, 1.807) is 31.4 Å². The summed E-state index contributed by atoms with van der Waals surface area (Å²) in [6, 6.07) is 5.15. The number of benzene rings is 1. The van der Waals surface area contributed by atoms with Crippen LogP contribution in [0.15, 0.2) is 53.2 Å². The summed E-state index contributed by atoms with van der Waals surface area (Å²) in [6.07, 6.45) is 14.6. The molecule has 0 aromatic heterocycles. The van der Waals surface area contributed by atoms with Gasteiger partial charge in [-0.1, -0.05) is 80.5 Å². The highest BCUT2D eigenvalue weighted by molar-refractivity contribution is 5.94. The predicted molar refractivity (Wildman–Crippen MR) is 188 cm³/mol. The number of unbranched alkanes of at least 4 members (excludes halogenated alkanes) is 8. The molecule has 0 aliphatic heterocycles. The number of hydrogen-bond donors (Lipinski definition) is 5. The van der Waals surface area contributed by atoms with Crippen LogP contribution in [0.5, 0.6) is 5.75 Å². The van der Waals surface area contributed by atoms with Gasteiger partial charge in [0.25, 0.3) is 0 Å². The van der Waals surface area contributed by atoms with Crippen LogP contribution in [0.4, 0.5) is 0 Å². The summed E-state index contributed by atoms with van der Waals surface area (Å²) in [5.74, 6) is -7.33. The van der Waals surface area contributed by atoms with E-state index >= 15 is 0 Å². The third-order valence-corrected chi connectivity index (χ3v) is 8.01. The average molecular weight is 689 g/mol. The molecule has 12 heteroatoms. The van der Waals surface area contributed by atoms with E-state index in [0.29, 0.717) is 30.8 Å². The molecule has 1 rings (SSSR count). The van der Waals surface area contributed by atoms with E-state index in [9.17, 15) is 39.6 Å². The summed E-state index contributed by atoms with van der Waals surface area (Å²) in [6.45, 7) is 6.45. The summed E-state index contributed by atoms with van der Waals surface area (Å²) < 4.78 is 5.62. The van der Waals surface area contributed by atoms with Gasteiger partial charge in [0.2, 0.25) is 5.91 Å². The standard InChI is InChI=1S/C37H56N2O10/c1-5-6-7-10-13-16-29(39-48-4)17-14-11-8-9-12-15-18-31(37(47,36(45)46)26-33(40)41)34(42)38-32(35(43)44)25-28-19-21-30(22-20-28)49-24-23-27(2)3/h15,18-23,31-32,47H,5-14,16-17,24-26H2,1-4H3,(H,38,42)(H,40,41)(H,43,44)(H,45,46)/b18-15+,39-29+/t31-,32-,37-/m0/s1. The molecule has 5 N–H and O–H groups in total. The van der Waals surface area contributed by atoms with Gasteiger partial charge < -0.3 is 35.3 Å². The number of ether oxygens (including phenoxy) is 1. The SMILES string of the molecule is CCCCCCC/C(CCCCCC/C=C/[C@@H](C(=O)N[C@@H](Cc1ccc(OCC=C(C)C)cc1)C(=O)O)[C@@](O)(CC(=O)O)C(=O)O)=N\OC. The molecule has 12 nitrogen and oxygen atoms in total. The zero-order chi connectivity index (χ0) is 36.7. The normalized spacial score (nSPS) is 14.0. The molecule has 0 spiro atoms. The highest BCUT2D eigenvalue weighted by atomic mass is 16.6. The number of carbonyl (C=O) groups excluding carboxylic acids is 1. The number of aliphatic carboxylic acids is 3. The second-order valence-electron chi connectivity index (χ2n) is 12.5. The molecule has 0 aliphatic carbocycles. The van der Waals surface area contributed by atoms with Crippen LogP contribution in [0.2, 0.25) is 0 Å². The third-order valence-electron chi connectivity index (χ3n) is 8.01. The maximum absolute atomic E-state index is 13.4. The second kappa shape index (κ2) is 24.0. The number of allylic oxidation sites excluding steroid dienone is 2. The van der Waals surface area contributed by atoms with Crippen LogP contribution >= 0.6 is 0 Å². The third kappa shape index (κ3) is 17.7. The van der Waals surface area contributed by atoms with Crippen molar-refractivity contribution in [2.24, 2.45) is 11.1 Å². The first-order valence-electron chi connectivity index (χ1n) is 17.1. The molecule has 274 valence electrons. The van der Waals surface area contributed by atoms with Crippen LogP contribution in [0.25, 0.3) is 0 Å². The van der Waals surface area contributed by atoms with Gasteiger partial charge in [0, 0.05) is 6.42 Å². The molecule has 0 aliphatic rings. The number of carbonyl (C=O) groups is 4. The highest BCUT2D eigenvalue weighted by Crippen LogP contribution is 2.26. The fraction of sp³-hybridized carbons (Fsp3) is 0.595. The number of aliphatic hydroxyl groups is 1. The molecule has 0 saturated carbocycles. The lowest BCUT2D eigenvalue weighted by Gasteiger charge is -2.29. The van der Waals surface area contributed by atoms with Crippen LogP contribution in [0, 0.1) is 5.92 Å². The van der Waals surface area contributed by atoms with Crippen molar-refractivity contribution in [2.75, 3.05) is 13.7 Å². The number of amides is 1. The van der Waals surface area contributed by atoms with Crippen LogP contribution in [-0.2, 0) is 30.4 Å². The zero-order valence-electron chi connectivity index (χ0n) is 29.5. The Balaban J connectivity index is 2.87. The van der Waals surface area contributed by atoms with Gasteiger partial charge >= 0.3 is 17.9 Å². The van der Waals surface area contributed by atoms with E-state index in [-0.39, 0.29) is 6.42 Å². The van der Waals surface area contributed by atoms with Gasteiger partial charge in [-0.2, -0.15) is 0 Å². The minimum absolute atomic E-state index is 0.147. The number of carboxylic acids is 3. The molecule has 0 unspecified atom stereocenters. The minimum Gasteiger partial charge on any atom is -0.490 e. The van der Waals surface area contributed by atoms with E-state index in [2.05, 4.69) is 17.4 Å². The largest absolute Gasteiger partial charge is 0.490 e. The molecule has 1 aromatic carbocycles. The van der Waals surface area contributed by atoms with Crippen molar-refractivity contribution in [3.63, 3.8) is 0 Å². The lowest BCUT2D eigenvalue weighted by atomic mass is 9.82. The average Bonchev–Trinajstić information content (AvgIpc) is 3.03. The van der Waals surface area contributed by atoms with Gasteiger partial charge in [0.15, 0.2) is 5.60 Å². The number of nitrogens with zero attached hydrogens (tertiary/aromatic N) is 1. The van der Waals surface area contributed by atoms with Crippen LogP contribution < -0.4 is 10.1 Å². The summed E-state index contributed by atoms with van der Waals surface area (Å²) >= 11 is 0. The molecule has 3 atom stereocenters. The molecule has 0 heterocycles. The lowest BCUT2D eigenvalue weighted by Crippen LogP contribution is -2.55. The highest BCUT2D eigenvalue weighted by Gasteiger charge is 2.49. The van der Waals surface area contributed by atoms with Crippen molar-refractivity contribution in [3.8, 4) is 5.75 Å². The smallest absolute Gasteiger partial charge is 0.337 e. The van der Waals surface area contributed by atoms with Crippen LogP contribution in [-0.4, -0.2) is 75.3 Å². The molecule has 49 heavy (non-hydrogen) atoms. The Labute approximate surface area is 290 Å². The molecule has 0 bridgehead atoms. The summed E-state index contributed by atoms with van der Waals surface area (Å²) in [7, 11) is 1.54. The maximum Gasteiger partial charge on any atom is 0.337 e. The first-order valence-corrected chi connectivity index (χ1v) is 17.1. The molecule has 1 aromatic rings. The summed E-state index contributed by atoms with van der Waals surface area (Å²) in [5.41, 5.74) is -0.311. The summed E-state index contributed by atoms with van der Waals surface area (Å²) in [4.78, 5) is 54.1. The Morgan fingerprint density at radius 3 is 2.06 bits per heavy atom. The quantitative estimate of drug-likeness (QED) is 0.0303. The Morgan fingerprint density at radius 2 is 1.53 bits per heavy atom. The predicted octanol–water partition coefficient (Wildman–Crippen LogP) is 6.31. The number of nitrogens with one attached hydrogen (secondary N) is 1. The molecular weight excluding hydrogens is 632 g/mol. The molecule has 1 amide bonds. The Hall–Kier alpha value is -4.19. The van der Waals surface area contributed by atoms with Gasteiger partial charge in [-0.3, -0.25) is 9.59 Å². The van der Waals surface area contributed by atoms with Crippen molar-refractivity contribution in [1.82, 2.24) is 5.32 Å². The molecule has 0 radical (unpaired) electrons. The van der Waals surface area contributed by atoms with Crippen molar-refractivity contribution < 1.29 is 49.2 Å². The fourth-order valence-corrected chi connectivity index (χ4v) is 5.19. The molecule has 0 fully saturated rings. The van der Waals surface area contributed by atoms with E-state index in [1.807, 2.05) is 19.9 Å². The van der Waals surface area contributed by atoms with Crippen LogP contribution in [0.1, 0.15) is 110 Å². The molecular formula is C37H56N2O10. The lowest BCUT2D eigenvalue weighted by molar-refractivity contribution is -0.172. The van der Waals surface area contributed by atoms with Gasteiger partial charge in [-0.05, 0) is 76.1 Å². The van der Waals surface area contributed by atoms with Crippen LogP contribution in [0.3, 0.4) is 0 Å². The van der Waals surface area contributed by atoms with Gasteiger partial charge in [-0.15, -0.1) is 0 Å². The first-order chi connectivity index (χ1) is 23.3. The van der Waals surface area contributed by atoms with E-state index in [1.165, 1.54) is 31.8 Å². The monoisotopic (exact) mass is 688 g/mol. The van der Waals surface area contributed by atoms with Crippen molar-refractivity contribution in [2.45, 2.75) is 122 Å². The number of carboxylic acid groups (broad SMARTS) is 3. The fourth-order valence-electron chi connectivity index (χ4n) is 5.19. The van der Waals surface area contributed by atoms with Crippen molar-refractivity contribution >= 4 is 29.5 Å². The second-order valence-corrected chi connectivity index (χ2v) is 12.5. The van der Waals surface area contributed by atoms with E-state index < -0.39 is 47.8 Å².